The van der Waals surface area contributed by atoms with E-state index in [2.05, 4.69) is 4.90 Å². The zero-order valence-corrected chi connectivity index (χ0v) is 16.7. The zero-order chi connectivity index (χ0) is 19.0. The fourth-order valence-electron chi connectivity index (χ4n) is 3.82. The Hall–Kier alpha value is -1.69. The van der Waals surface area contributed by atoms with Gasteiger partial charge in [-0.15, -0.1) is 11.3 Å². The van der Waals surface area contributed by atoms with Crippen LogP contribution in [0.15, 0.2) is 24.3 Å². The molecule has 4 nitrogen and oxygen atoms in total. The van der Waals surface area contributed by atoms with Crippen molar-refractivity contribution < 1.29 is 9.59 Å². The number of carbonyl (C=O) groups is 2. The number of nitrogens with two attached hydrogens (primary N) is 1. The van der Waals surface area contributed by atoms with Crippen molar-refractivity contribution in [2.75, 3.05) is 13.1 Å². The summed E-state index contributed by atoms with van der Waals surface area (Å²) in [7, 11) is 0. The highest BCUT2D eigenvalue weighted by atomic mass is 35.5. The van der Waals surface area contributed by atoms with Crippen molar-refractivity contribution in [3.63, 3.8) is 0 Å². The van der Waals surface area contributed by atoms with Crippen LogP contribution in [0, 0.1) is 5.92 Å². The molecule has 1 aromatic heterocycles. The van der Waals surface area contributed by atoms with Crippen LogP contribution in [0.4, 0.5) is 0 Å². The van der Waals surface area contributed by atoms with Gasteiger partial charge >= 0.3 is 0 Å². The molecular weight excluding hydrogens is 380 g/mol. The average Bonchev–Trinajstić information content (AvgIpc) is 3.35. The number of hydrogen-bond donors (Lipinski definition) is 1. The van der Waals surface area contributed by atoms with Crippen LogP contribution in [0.25, 0.3) is 0 Å². The smallest absolute Gasteiger partial charge is 0.250 e. The molecule has 2 heterocycles. The minimum Gasteiger partial charge on any atom is -0.366 e. The van der Waals surface area contributed by atoms with Gasteiger partial charge in [0.15, 0.2) is 0 Å². The first-order valence-corrected chi connectivity index (χ1v) is 10.6. The monoisotopic (exact) mass is 402 g/mol. The molecule has 0 radical (unpaired) electrons. The van der Waals surface area contributed by atoms with Gasteiger partial charge in [0.2, 0.25) is 5.91 Å². The first-order chi connectivity index (χ1) is 13.0. The quantitative estimate of drug-likeness (QED) is 0.769. The number of fused-ring (bicyclic) bond motifs is 1. The van der Waals surface area contributed by atoms with E-state index in [9.17, 15) is 9.59 Å². The molecule has 1 amide bonds. The van der Waals surface area contributed by atoms with E-state index in [1.165, 1.54) is 17.7 Å². The summed E-state index contributed by atoms with van der Waals surface area (Å²) in [5, 5.41) is 0.656. The molecule has 0 bridgehead atoms. The lowest BCUT2D eigenvalue weighted by molar-refractivity contribution is -0.117. The van der Waals surface area contributed by atoms with Gasteiger partial charge < -0.3 is 5.73 Å². The third kappa shape index (κ3) is 4.42. The molecule has 1 aromatic carbocycles. The Balaban J connectivity index is 1.50. The van der Waals surface area contributed by atoms with Crippen LogP contribution >= 0.6 is 22.9 Å². The molecule has 2 aromatic rings. The van der Waals surface area contributed by atoms with Gasteiger partial charge in [0, 0.05) is 47.3 Å². The van der Waals surface area contributed by atoms with Crippen LogP contribution in [0.3, 0.4) is 0 Å². The molecule has 142 valence electrons. The molecule has 6 heteroatoms. The van der Waals surface area contributed by atoms with Crippen molar-refractivity contribution in [3.05, 3.63) is 55.7 Å². The van der Waals surface area contributed by atoms with Gasteiger partial charge in [-0.25, -0.2) is 0 Å². The number of amides is 1. The van der Waals surface area contributed by atoms with Crippen molar-refractivity contribution >= 4 is 34.6 Å². The number of thiophene rings is 1. The second-order valence-corrected chi connectivity index (χ2v) is 9.24. The number of carbonyl (C=O) groups excluding carboxylic acids is 2. The molecule has 1 saturated carbocycles. The number of halogens is 1. The van der Waals surface area contributed by atoms with E-state index in [-0.39, 0.29) is 12.2 Å². The van der Waals surface area contributed by atoms with Crippen LogP contribution in [0.2, 0.25) is 5.02 Å². The second-order valence-electron chi connectivity index (χ2n) is 7.61. The molecule has 0 unspecified atom stereocenters. The predicted molar refractivity (Wildman–Crippen MR) is 108 cm³/mol. The van der Waals surface area contributed by atoms with E-state index in [1.807, 2.05) is 12.1 Å². The molecule has 4 rings (SSSR count). The summed E-state index contributed by atoms with van der Waals surface area (Å²) in [5.74, 6) is 0.535. The Labute approximate surface area is 168 Å². The van der Waals surface area contributed by atoms with Gasteiger partial charge in [-0.3, -0.25) is 14.5 Å². The maximum Gasteiger partial charge on any atom is 0.250 e. The highest BCUT2D eigenvalue weighted by Crippen LogP contribution is 2.36. The molecule has 1 fully saturated rings. The van der Waals surface area contributed by atoms with Gasteiger partial charge in [0.05, 0.1) is 5.56 Å². The highest BCUT2D eigenvalue weighted by molar-refractivity contribution is 7.12. The first kappa shape index (κ1) is 18.7. The fourth-order valence-corrected chi connectivity index (χ4v) is 5.37. The standard InChI is InChI=1S/C21H23ClN2O2S/c22-15-5-3-13(4-6-15)9-16(25)10-18-20(21(23)26)17-7-8-24(11-14-1-2-14)12-19(17)27-18/h3-6,14H,1-2,7-12H2,(H2,23,26). The average molecular weight is 403 g/mol. The van der Waals surface area contributed by atoms with E-state index < -0.39 is 5.91 Å². The number of hydrogen-bond acceptors (Lipinski definition) is 4. The number of ketones is 1. The number of nitrogens with zero attached hydrogens (tertiary/aromatic N) is 1. The summed E-state index contributed by atoms with van der Waals surface area (Å²) in [6, 6.07) is 7.31. The SMILES string of the molecule is NC(=O)c1c(CC(=O)Cc2ccc(Cl)cc2)sc2c1CCN(CC1CC1)C2. The third-order valence-electron chi connectivity index (χ3n) is 5.34. The minimum absolute atomic E-state index is 0.0910. The van der Waals surface area contributed by atoms with Crippen molar-refractivity contribution in [2.24, 2.45) is 11.7 Å². The van der Waals surface area contributed by atoms with Crippen molar-refractivity contribution in [1.82, 2.24) is 4.90 Å². The van der Waals surface area contributed by atoms with Crippen LogP contribution < -0.4 is 5.73 Å². The maximum atomic E-state index is 12.6. The Bertz CT molecular complexity index is 871. The number of benzene rings is 1. The summed E-state index contributed by atoms with van der Waals surface area (Å²) in [4.78, 5) is 29.2. The van der Waals surface area contributed by atoms with Crippen LogP contribution in [0.5, 0.6) is 0 Å². The first-order valence-electron chi connectivity index (χ1n) is 9.41. The maximum absolute atomic E-state index is 12.6. The molecular formula is C21H23ClN2O2S. The second kappa shape index (κ2) is 7.74. The van der Waals surface area contributed by atoms with E-state index in [4.69, 9.17) is 17.3 Å². The normalized spacial score (nSPS) is 16.9. The van der Waals surface area contributed by atoms with E-state index >= 15 is 0 Å². The molecule has 0 spiro atoms. The molecule has 1 aliphatic carbocycles. The van der Waals surface area contributed by atoms with Crippen LogP contribution in [0.1, 0.15) is 44.1 Å². The van der Waals surface area contributed by atoms with Gasteiger partial charge in [-0.2, -0.15) is 0 Å². The van der Waals surface area contributed by atoms with Crippen LogP contribution in [-0.2, 0) is 30.6 Å². The minimum atomic E-state index is -0.405. The highest BCUT2D eigenvalue weighted by Gasteiger charge is 2.30. The van der Waals surface area contributed by atoms with Crippen molar-refractivity contribution in [2.45, 2.75) is 38.6 Å². The molecule has 2 N–H and O–H groups in total. The Morgan fingerprint density at radius 1 is 1.19 bits per heavy atom. The molecule has 0 atom stereocenters. The summed E-state index contributed by atoms with van der Waals surface area (Å²) < 4.78 is 0. The molecule has 2 aliphatic rings. The third-order valence-corrected chi connectivity index (χ3v) is 6.81. The summed E-state index contributed by atoms with van der Waals surface area (Å²) in [5.41, 5.74) is 8.29. The largest absolute Gasteiger partial charge is 0.366 e. The topological polar surface area (TPSA) is 63.4 Å². The molecule has 1 aliphatic heterocycles. The summed E-state index contributed by atoms with van der Waals surface area (Å²) >= 11 is 7.50. The number of primary amides is 1. The molecule has 0 saturated heterocycles. The van der Waals surface area contributed by atoms with Gasteiger partial charge in [-0.05, 0) is 48.4 Å². The van der Waals surface area contributed by atoms with E-state index in [0.29, 0.717) is 17.0 Å². The van der Waals surface area contributed by atoms with Gasteiger partial charge in [-0.1, -0.05) is 23.7 Å². The Morgan fingerprint density at radius 2 is 1.93 bits per heavy atom. The van der Waals surface area contributed by atoms with E-state index in [1.54, 1.807) is 23.5 Å². The predicted octanol–water partition coefficient (Wildman–Crippen LogP) is 3.62. The Kier molecular flexibility index (Phi) is 5.35. The van der Waals surface area contributed by atoms with Crippen molar-refractivity contribution in [3.8, 4) is 0 Å². The lowest BCUT2D eigenvalue weighted by Gasteiger charge is -2.26. The lowest BCUT2D eigenvalue weighted by Crippen LogP contribution is -2.32. The molecule has 27 heavy (non-hydrogen) atoms. The van der Waals surface area contributed by atoms with Crippen molar-refractivity contribution in [1.29, 1.82) is 0 Å². The summed E-state index contributed by atoms with van der Waals surface area (Å²) in [6.45, 7) is 2.99. The Morgan fingerprint density at radius 3 is 2.59 bits per heavy atom. The zero-order valence-electron chi connectivity index (χ0n) is 15.2. The lowest BCUT2D eigenvalue weighted by atomic mass is 9.98. The fraction of sp³-hybridized carbons (Fsp3) is 0.429. The number of rotatable bonds is 7. The van der Waals surface area contributed by atoms with E-state index in [0.717, 1.165) is 48.0 Å². The van der Waals surface area contributed by atoms with Gasteiger partial charge in [0.25, 0.3) is 0 Å². The van der Waals surface area contributed by atoms with Gasteiger partial charge in [0.1, 0.15) is 5.78 Å². The number of Topliss-reactive ketones (excluding diaryl/α,β-unsaturated/α-hetero) is 1. The van der Waals surface area contributed by atoms with Crippen LogP contribution in [-0.4, -0.2) is 29.7 Å². The summed E-state index contributed by atoms with van der Waals surface area (Å²) in [6.07, 6.45) is 4.13.